The van der Waals surface area contributed by atoms with Crippen molar-refractivity contribution in [3.8, 4) is 0 Å². The number of aliphatic hydroxyl groups is 1. The van der Waals surface area contributed by atoms with Gasteiger partial charge in [-0.1, -0.05) is 20.8 Å². The number of aliphatic hydroxyl groups excluding tert-OH is 1. The van der Waals surface area contributed by atoms with Crippen LogP contribution in [0.5, 0.6) is 0 Å². The fraction of sp³-hybridized carbons (Fsp3) is 1.00. The van der Waals surface area contributed by atoms with E-state index in [1.54, 1.807) is 0 Å². The van der Waals surface area contributed by atoms with Crippen molar-refractivity contribution in [2.45, 2.75) is 46.1 Å². The van der Waals surface area contributed by atoms with E-state index in [9.17, 15) is 0 Å². The van der Waals surface area contributed by atoms with Gasteiger partial charge in [-0.05, 0) is 30.6 Å². The second-order valence-electron chi connectivity index (χ2n) is 5.13. The number of hydrogen-bond donors (Lipinski definition) is 1. The zero-order valence-corrected chi connectivity index (χ0v) is 9.05. The molecule has 0 heterocycles. The van der Waals surface area contributed by atoms with E-state index in [1.165, 1.54) is 6.42 Å². The van der Waals surface area contributed by atoms with Crippen LogP contribution in [0, 0.1) is 11.3 Å². The largest absolute Gasteiger partial charge is 0.394 e. The van der Waals surface area contributed by atoms with Crippen molar-refractivity contribution in [1.29, 1.82) is 0 Å². The van der Waals surface area contributed by atoms with Crippen LogP contribution in [0.3, 0.4) is 0 Å². The van der Waals surface area contributed by atoms with E-state index in [2.05, 4.69) is 20.8 Å². The van der Waals surface area contributed by atoms with Crippen molar-refractivity contribution in [2.75, 3.05) is 13.2 Å². The van der Waals surface area contributed by atoms with Crippen LogP contribution >= 0.6 is 0 Å². The molecule has 0 spiro atoms. The molecule has 0 bridgehead atoms. The van der Waals surface area contributed by atoms with Crippen molar-refractivity contribution >= 4 is 0 Å². The van der Waals surface area contributed by atoms with Crippen LogP contribution in [-0.4, -0.2) is 24.4 Å². The van der Waals surface area contributed by atoms with Gasteiger partial charge in [-0.15, -0.1) is 0 Å². The molecule has 0 aromatic rings. The molecule has 13 heavy (non-hydrogen) atoms. The predicted octanol–water partition coefficient (Wildman–Crippen LogP) is 2.21. The lowest BCUT2D eigenvalue weighted by molar-refractivity contribution is -0.0342. The van der Waals surface area contributed by atoms with Gasteiger partial charge in [-0.25, -0.2) is 0 Å². The van der Waals surface area contributed by atoms with Crippen LogP contribution in [0.4, 0.5) is 0 Å². The smallest absolute Gasteiger partial charge is 0.0701 e. The van der Waals surface area contributed by atoms with E-state index >= 15 is 0 Å². The molecule has 1 aliphatic rings. The Bertz CT molecular complexity index is 154. The first-order valence-corrected chi connectivity index (χ1v) is 5.26. The van der Waals surface area contributed by atoms with E-state index in [4.69, 9.17) is 9.84 Å². The molecule has 1 aliphatic carbocycles. The van der Waals surface area contributed by atoms with Crippen molar-refractivity contribution in [3.63, 3.8) is 0 Å². The summed E-state index contributed by atoms with van der Waals surface area (Å²) in [6, 6.07) is 0. The molecule has 78 valence electrons. The molecule has 2 heteroatoms. The quantitative estimate of drug-likeness (QED) is 0.732. The van der Waals surface area contributed by atoms with Gasteiger partial charge in [-0.3, -0.25) is 0 Å². The first kappa shape index (κ1) is 11.0. The van der Waals surface area contributed by atoms with E-state index < -0.39 is 0 Å². The highest BCUT2D eigenvalue weighted by atomic mass is 16.5. The maximum Gasteiger partial charge on any atom is 0.0701 e. The molecule has 0 aliphatic heterocycles. The molecule has 0 saturated heterocycles. The third-order valence-corrected chi connectivity index (χ3v) is 2.79. The Labute approximate surface area is 81.3 Å². The molecule has 2 atom stereocenters. The molecule has 0 radical (unpaired) electrons. The Morgan fingerprint density at radius 2 is 2.08 bits per heavy atom. The van der Waals surface area contributed by atoms with Crippen LogP contribution in [0.2, 0.25) is 0 Å². The van der Waals surface area contributed by atoms with Gasteiger partial charge < -0.3 is 9.84 Å². The van der Waals surface area contributed by atoms with Gasteiger partial charge in [0.05, 0.1) is 19.3 Å². The normalized spacial score (nSPS) is 33.2. The maximum absolute atomic E-state index is 8.67. The summed E-state index contributed by atoms with van der Waals surface area (Å²) >= 11 is 0. The van der Waals surface area contributed by atoms with Crippen molar-refractivity contribution in [3.05, 3.63) is 0 Å². The second-order valence-corrected chi connectivity index (χ2v) is 5.13. The SMILES string of the molecule is C[C@@H]1C[C@@H](OCCO)CC(C)(C)C1. The lowest BCUT2D eigenvalue weighted by atomic mass is 9.71. The Morgan fingerprint density at radius 1 is 1.38 bits per heavy atom. The maximum atomic E-state index is 8.67. The van der Waals surface area contributed by atoms with Crippen LogP contribution in [0.25, 0.3) is 0 Å². The summed E-state index contributed by atoms with van der Waals surface area (Å²) in [6.07, 6.45) is 3.96. The summed E-state index contributed by atoms with van der Waals surface area (Å²) in [5.74, 6) is 0.757. The summed E-state index contributed by atoms with van der Waals surface area (Å²) in [7, 11) is 0. The third kappa shape index (κ3) is 3.65. The molecule has 1 saturated carbocycles. The zero-order chi connectivity index (χ0) is 9.90. The molecule has 0 aromatic carbocycles. The molecule has 1 fully saturated rings. The molecule has 0 aromatic heterocycles. The van der Waals surface area contributed by atoms with Gasteiger partial charge >= 0.3 is 0 Å². The summed E-state index contributed by atoms with van der Waals surface area (Å²) in [5.41, 5.74) is 0.414. The van der Waals surface area contributed by atoms with Crippen LogP contribution in [-0.2, 0) is 4.74 Å². The van der Waals surface area contributed by atoms with E-state index in [-0.39, 0.29) is 6.61 Å². The van der Waals surface area contributed by atoms with Crippen molar-refractivity contribution in [2.24, 2.45) is 11.3 Å². The predicted molar refractivity (Wildman–Crippen MR) is 53.6 cm³/mol. The monoisotopic (exact) mass is 186 g/mol. The first-order valence-electron chi connectivity index (χ1n) is 5.26. The molecule has 2 nitrogen and oxygen atoms in total. The topological polar surface area (TPSA) is 29.5 Å². The summed E-state index contributed by atoms with van der Waals surface area (Å²) in [6.45, 7) is 7.53. The van der Waals surface area contributed by atoms with E-state index in [1.807, 2.05) is 0 Å². The van der Waals surface area contributed by atoms with Gasteiger partial charge in [0.15, 0.2) is 0 Å². The molecule has 0 amide bonds. The highest BCUT2D eigenvalue weighted by Gasteiger charge is 2.32. The third-order valence-electron chi connectivity index (χ3n) is 2.79. The standard InChI is InChI=1S/C11H22O2/c1-9-6-10(13-5-4-12)8-11(2,3)7-9/h9-10,12H,4-8H2,1-3H3/t9-,10-/m1/s1. The minimum Gasteiger partial charge on any atom is -0.394 e. The number of ether oxygens (including phenoxy) is 1. The average Bonchev–Trinajstić information content (AvgIpc) is 1.97. The van der Waals surface area contributed by atoms with Crippen molar-refractivity contribution < 1.29 is 9.84 Å². The van der Waals surface area contributed by atoms with Gasteiger partial charge in [0.2, 0.25) is 0 Å². The summed E-state index contributed by atoms with van der Waals surface area (Å²) < 4.78 is 5.59. The fourth-order valence-corrected chi connectivity index (χ4v) is 2.60. The lowest BCUT2D eigenvalue weighted by Gasteiger charge is -2.38. The minimum atomic E-state index is 0.144. The molecular formula is C11H22O2. The summed E-state index contributed by atoms with van der Waals surface area (Å²) in [5, 5.41) is 8.67. The summed E-state index contributed by atoms with van der Waals surface area (Å²) in [4.78, 5) is 0. The fourth-order valence-electron chi connectivity index (χ4n) is 2.60. The first-order chi connectivity index (χ1) is 6.03. The van der Waals surface area contributed by atoms with Gasteiger partial charge in [0.1, 0.15) is 0 Å². The molecule has 1 N–H and O–H groups in total. The van der Waals surface area contributed by atoms with Crippen LogP contribution < -0.4 is 0 Å². The lowest BCUT2D eigenvalue weighted by Crippen LogP contribution is -2.33. The highest BCUT2D eigenvalue weighted by Crippen LogP contribution is 2.39. The Kier molecular flexibility index (Phi) is 3.74. The van der Waals surface area contributed by atoms with E-state index in [0.29, 0.717) is 18.1 Å². The molecular weight excluding hydrogens is 164 g/mol. The minimum absolute atomic E-state index is 0.144. The Hall–Kier alpha value is -0.0800. The van der Waals surface area contributed by atoms with E-state index in [0.717, 1.165) is 18.8 Å². The highest BCUT2D eigenvalue weighted by molar-refractivity contribution is 4.83. The van der Waals surface area contributed by atoms with Crippen LogP contribution in [0.1, 0.15) is 40.0 Å². The zero-order valence-electron chi connectivity index (χ0n) is 9.05. The van der Waals surface area contributed by atoms with Crippen LogP contribution in [0.15, 0.2) is 0 Å². The number of hydrogen-bond acceptors (Lipinski definition) is 2. The van der Waals surface area contributed by atoms with Gasteiger partial charge in [0.25, 0.3) is 0 Å². The van der Waals surface area contributed by atoms with Gasteiger partial charge in [-0.2, -0.15) is 0 Å². The Balaban J connectivity index is 2.38. The molecule has 0 unspecified atom stereocenters. The van der Waals surface area contributed by atoms with Gasteiger partial charge in [0, 0.05) is 0 Å². The second kappa shape index (κ2) is 4.43. The number of rotatable bonds is 3. The van der Waals surface area contributed by atoms with Crippen molar-refractivity contribution in [1.82, 2.24) is 0 Å². The molecule has 1 rings (SSSR count). The Morgan fingerprint density at radius 3 is 2.62 bits per heavy atom. The average molecular weight is 186 g/mol.